The van der Waals surface area contributed by atoms with Crippen molar-refractivity contribution in [1.82, 2.24) is 0 Å². The molecule has 98 valence electrons. The Morgan fingerprint density at radius 1 is 1.16 bits per heavy atom. The van der Waals surface area contributed by atoms with E-state index in [0.29, 0.717) is 16.4 Å². The molecular weight excluding hydrogens is 260 g/mol. The fourth-order valence-corrected chi connectivity index (χ4v) is 2.72. The molecule has 1 aliphatic rings. The minimum Gasteiger partial charge on any atom is -0.453 e. The second-order valence-electron chi connectivity index (χ2n) is 5.02. The standard InChI is InChI=1S/C16H15ClO2/c17-13-6-7-15-12(9-13)10-16(19-15)14(18)8-11-4-2-1-3-5-11/h6-10H,1-5H2. The number of hydrogen-bond donors (Lipinski definition) is 0. The van der Waals surface area contributed by atoms with E-state index in [4.69, 9.17) is 16.0 Å². The Labute approximate surface area is 117 Å². The molecule has 3 heteroatoms. The van der Waals surface area contributed by atoms with E-state index in [9.17, 15) is 4.79 Å². The molecule has 1 aromatic carbocycles. The lowest BCUT2D eigenvalue weighted by molar-refractivity contribution is 0.102. The lowest BCUT2D eigenvalue weighted by Gasteiger charge is -2.12. The summed E-state index contributed by atoms with van der Waals surface area (Å²) in [6, 6.07) is 7.14. The summed E-state index contributed by atoms with van der Waals surface area (Å²) in [5.41, 5.74) is 1.95. The molecule has 1 saturated carbocycles. The van der Waals surface area contributed by atoms with Crippen molar-refractivity contribution in [3.63, 3.8) is 0 Å². The third-order valence-electron chi connectivity index (χ3n) is 3.55. The zero-order valence-corrected chi connectivity index (χ0v) is 11.4. The van der Waals surface area contributed by atoms with Crippen LogP contribution in [0.15, 0.2) is 40.3 Å². The second-order valence-corrected chi connectivity index (χ2v) is 5.46. The summed E-state index contributed by atoms with van der Waals surface area (Å²) in [5.74, 6) is 0.361. The van der Waals surface area contributed by atoms with E-state index < -0.39 is 0 Å². The molecular formula is C16H15ClO2. The summed E-state index contributed by atoms with van der Waals surface area (Å²) in [6.45, 7) is 0. The monoisotopic (exact) mass is 274 g/mol. The molecule has 0 bridgehead atoms. The predicted octanol–water partition coefficient (Wildman–Crippen LogP) is 5.16. The van der Waals surface area contributed by atoms with E-state index in [1.807, 2.05) is 6.07 Å². The Kier molecular flexibility index (Phi) is 3.43. The Hall–Kier alpha value is -1.54. The van der Waals surface area contributed by atoms with E-state index in [1.165, 1.54) is 24.8 Å². The van der Waals surface area contributed by atoms with Crippen LogP contribution in [0, 0.1) is 0 Å². The van der Waals surface area contributed by atoms with Crippen molar-refractivity contribution in [3.8, 4) is 0 Å². The maximum absolute atomic E-state index is 12.2. The van der Waals surface area contributed by atoms with Crippen LogP contribution in [-0.4, -0.2) is 5.78 Å². The molecule has 0 aliphatic heterocycles. The van der Waals surface area contributed by atoms with Crippen molar-refractivity contribution in [2.24, 2.45) is 0 Å². The van der Waals surface area contributed by atoms with Gasteiger partial charge in [-0.15, -0.1) is 0 Å². The van der Waals surface area contributed by atoms with Crippen molar-refractivity contribution in [3.05, 3.63) is 46.7 Å². The third kappa shape index (κ3) is 2.74. The minimum absolute atomic E-state index is 0.0378. The molecule has 3 rings (SSSR count). The van der Waals surface area contributed by atoms with Crippen LogP contribution in [0.5, 0.6) is 0 Å². The smallest absolute Gasteiger partial charge is 0.220 e. The minimum atomic E-state index is -0.0378. The first-order valence-corrected chi connectivity index (χ1v) is 7.03. The van der Waals surface area contributed by atoms with Gasteiger partial charge in [-0.25, -0.2) is 0 Å². The Morgan fingerprint density at radius 2 is 1.95 bits per heavy atom. The van der Waals surface area contributed by atoms with Crippen LogP contribution in [0.2, 0.25) is 5.02 Å². The fourth-order valence-electron chi connectivity index (χ4n) is 2.54. The molecule has 0 saturated heterocycles. The van der Waals surface area contributed by atoms with Gasteiger partial charge in [0.15, 0.2) is 5.76 Å². The molecule has 0 amide bonds. The number of carbonyl (C=O) groups excluding carboxylic acids is 1. The van der Waals surface area contributed by atoms with Gasteiger partial charge in [0.1, 0.15) is 5.58 Å². The number of ketones is 1. The van der Waals surface area contributed by atoms with Crippen molar-refractivity contribution >= 4 is 28.4 Å². The van der Waals surface area contributed by atoms with E-state index in [2.05, 4.69) is 0 Å². The number of halogens is 1. The zero-order valence-electron chi connectivity index (χ0n) is 10.6. The van der Waals surface area contributed by atoms with Crippen molar-refractivity contribution in [2.45, 2.75) is 32.1 Å². The van der Waals surface area contributed by atoms with Crippen molar-refractivity contribution < 1.29 is 9.21 Å². The molecule has 1 aliphatic carbocycles. The van der Waals surface area contributed by atoms with Crippen LogP contribution >= 0.6 is 11.6 Å². The Bertz CT molecular complexity index is 644. The van der Waals surface area contributed by atoms with E-state index >= 15 is 0 Å². The Balaban J connectivity index is 1.88. The molecule has 1 aromatic heterocycles. The van der Waals surface area contributed by atoms with Gasteiger partial charge in [0, 0.05) is 10.4 Å². The van der Waals surface area contributed by atoms with Gasteiger partial charge in [0.25, 0.3) is 0 Å². The predicted molar refractivity (Wildman–Crippen MR) is 76.7 cm³/mol. The zero-order chi connectivity index (χ0) is 13.2. The molecule has 0 unspecified atom stereocenters. The average Bonchev–Trinajstić information content (AvgIpc) is 2.83. The number of allylic oxidation sites excluding steroid dienone is 2. The first kappa shape index (κ1) is 12.5. The topological polar surface area (TPSA) is 30.2 Å². The van der Waals surface area contributed by atoms with E-state index in [0.717, 1.165) is 18.2 Å². The third-order valence-corrected chi connectivity index (χ3v) is 3.79. The number of benzene rings is 1. The van der Waals surface area contributed by atoms with Gasteiger partial charge in [0.05, 0.1) is 0 Å². The molecule has 0 radical (unpaired) electrons. The summed E-state index contributed by atoms with van der Waals surface area (Å²) >= 11 is 5.92. The summed E-state index contributed by atoms with van der Waals surface area (Å²) in [7, 11) is 0. The largest absolute Gasteiger partial charge is 0.453 e. The Morgan fingerprint density at radius 3 is 2.74 bits per heavy atom. The number of rotatable bonds is 2. The quantitative estimate of drug-likeness (QED) is 0.559. The maximum Gasteiger partial charge on any atom is 0.220 e. The highest BCUT2D eigenvalue weighted by Gasteiger charge is 2.13. The normalized spacial score (nSPS) is 15.7. The lowest BCUT2D eigenvalue weighted by atomic mass is 9.94. The van der Waals surface area contributed by atoms with Gasteiger partial charge in [-0.3, -0.25) is 4.79 Å². The van der Waals surface area contributed by atoms with Gasteiger partial charge in [-0.05, 0) is 56.0 Å². The molecule has 2 aromatic rings. The molecule has 19 heavy (non-hydrogen) atoms. The molecule has 1 fully saturated rings. The first-order valence-electron chi connectivity index (χ1n) is 6.65. The summed E-state index contributed by atoms with van der Waals surface area (Å²) in [6.07, 6.45) is 7.48. The highest BCUT2D eigenvalue weighted by atomic mass is 35.5. The fraction of sp³-hybridized carbons (Fsp3) is 0.312. The van der Waals surface area contributed by atoms with Crippen LogP contribution in [0.1, 0.15) is 42.7 Å². The molecule has 1 heterocycles. The van der Waals surface area contributed by atoms with Gasteiger partial charge in [-0.1, -0.05) is 23.6 Å². The average molecular weight is 275 g/mol. The SMILES string of the molecule is O=C(C=C1CCCCC1)c1cc2cc(Cl)ccc2o1. The van der Waals surface area contributed by atoms with Crippen LogP contribution in [0.25, 0.3) is 11.0 Å². The van der Waals surface area contributed by atoms with E-state index in [-0.39, 0.29) is 5.78 Å². The first-order chi connectivity index (χ1) is 9.22. The van der Waals surface area contributed by atoms with Crippen molar-refractivity contribution in [1.29, 1.82) is 0 Å². The number of carbonyl (C=O) groups is 1. The van der Waals surface area contributed by atoms with Gasteiger partial charge >= 0.3 is 0 Å². The molecule has 2 nitrogen and oxygen atoms in total. The highest BCUT2D eigenvalue weighted by Crippen LogP contribution is 2.26. The van der Waals surface area contributed by atoms with Crippen LogP contribution < -0.4 is 0 Å². The van der Waals surface area contributed by atoms with Gasteiger partial charge in [0.2, 0.25) is 5.78 Å². The van der Waals surface area contributed by atoms with E-state index in [1.54, 1.807) is 24.3 Å². The molecule has 0 N–H and O–H groups in total. The summed E-state index contributed by atoms with van der Waals surface area (Å²) in [4.78, 5) is 12.2. The summed E-state index contributed by atoms with van der Waals surface area (Å²) in [5, 5.41) is 1.52. The number of furan rings is 1. The summed E-state index contributed by atoms with van der Waals surface area (Å²) < 4.78 is 5.57. The molecule has 0 atom stereocenters. The van der Waals surface area contributed by atoms with Crippen molar-refractivity contribution in [2.75, 3.05) is 0 Å². The van der Waals surface area contributed by atoms with Crippen LogP contribution in [0.3, 0.4) is 0 Å². The second kappa shape index (κ2) is 5.22. The highest BCUT2D eigenvalue weighted by molar-refractivity contribution is 6.31. The lowest BCUT2D eigenvalue weighted by Crippen LogP contribution is -1.99. The number of fused-ring (bicyclic) bond motifs is 1. The van der Waals surface area contributed by atoms with Crippen LogP contribution in [0.4, 0.5) is 0 Å². The van der Waals surface area contributed by atoms with Gasteiger partial charge in [-0.2, -0.15) is 0 Å². The van der Waals surface area contributed by atoms with Crippen LogP contribution in [-0.2, 0) is 0 Å². The van der Waals surface area contributed by atoms with Gasteiger partial charge < -0.3 is 4.42 Å². The number of hydrogen-bond acceptors (Lipinski definition) is 2. The maximum atomic E-state index is 12.2. The molecule has 0 spiro atoms.